The Hall–Kier alpha value is -4.42. The maximum absolute atomic E-state index is 2.32. The van der Waals surface area contributed by atoms with Gasteiger partial charge in [-0.05, 0) is 68.1 Å². The molecule has 0 nitrogen and oxygen atoms in total. The van der Waals surface area contributed by atoms with Crippen molar-refractivity contribution in [2.24, 2.45) is 0 Å². The van der Waals surface area contributed by atoms with E-state index in [1.54, 1.807) is 0 Å². The van der Waals surface area contributed by atoms with E-state index in [1.807, 2.05) is 0 Å². The molecule has 0 aromatic heterocycles. The summed E-state index contributed by atoms with van der Waals surface area (Å²) in [6.07, 6.45) is 6.66. The lowest BCUT2D eigenvalue weighted by atomic mass is 9.89. The van der Waals surface area contributed by atoms with E-state index in [4.69, 9.17) is 0 Å². The highest BCUT2D eigenvalue weighted by Gasteiger charge is 2.11. The van der Waals surface area contributed by atoms with Crippen LogP contribution in [0, 0.1) is 0 Å². The molecule has 0 atom stereocenters. The predicted octanol–water partition coefficient (Wildman–Crippen LogP) is 10.2. The summed E-state index contributed by atoms with van der Waals surface area (Å²) in [5.41, 5.74) is 11.2. The van der Waals surface area contributed by atoms with E-state index in [2.05, 4.69) is 166 Å². The van der Waals surface area contributed by atoms with Crippen LogP contribution in [-0.2, 0) is 0 Å². The van der Waals surface area contributed by atoms with Crippen LogP contribution in [0.2, 0.25) is 0 Å². The lowest BCUT2D eigenvalue weighted by Gasteiger charge is -2.15. The summed E-state index contributed by atoms with van der Waals surface area (Å²) < 4.78 is 0. The van der Waals surface area contributed by atoms with Gasteiger partial charge in [-0.25, -0.2) is 0 Å². The van der Waals surface area contributed by atoms with Gasteiger partial charge in [-0.2, -0.15) is 0 Å². The van der Waals surface area contributed by atoms with Gasteiger partial charge in [0.05, 0.1) is 0 Å². The Morgan fingerprint density at radius 1 is 0.514 bits per heavy atom. The average Bonchev–Trinajstić information content (AvgIpc) is 2.96. The van der Waals surface area contributed by atoms with Crippen LogP contribution in [-0.4, -0.2) is 0 Å². The van der Waals surface area contributed by atoms with Gasteiger partial charge in [0.25, 0.3) is 0 Å². The topological polar surface area (TPSA) is 0 Å². The van der Waals surface area contributed by atoms with E-state index < -0.39 is 0 Å². The monoisotopic (exact) mass is 476 g/mol. The number of hydrogen-bond acceptors (Lipinski definition) is 0. The first-order chi connectivity index (χ1) is 18.2. The fraction of sp³-hybridized carbons (Fsp3) is 0.0811. The third kappa shape index (κ3) is 6.05. The van der Waals surface area contributed by atoms with E-state index in [-0.39, 0.29) is 0 Å². The Balaban J connectivity index is 1.52. The van der Waals surface area contributed by atoms with Crippen molar-refractivity contribution >= 4 is 23.8 Å². The molecule has 0 heterocycles. The minimum absolute atomic E-state index is 0.444. The molecule has 0 spiro atoms. The molecular weight excluding hydrogens is 444 g/mol. The molecule has 5 aromatic rings. The molecule has 0 saturated heterocycles. The molecule has 0 radical (unpaired) electrons. The van der Waals surface area contributed by atoms with E-state index in [0.717, 1.165) is 0 Å². The Kier molecular flexibility index (Phi) is 7.58. The van der Waals surface area contributed by atoms with Crippen molar-refractivity contribution in [1.29, 1.82) is 0 Å². The van der Waals surface area contributed by atoms with Crippen molar-refractivity contribution in [3.63, 3.8) is 0 Å². The first-order valence-electron chi connectivity index (χ1n) is 13.0. The third-order valence-corrected chi connectivity index (χ3v) is 6.67. The minimum atomic E-state index is 0.444. The van der Waals surface area contributed by atoms with Gasteiger partial charge in [-0.15, -0.1) is 0 Å². The number of hydrogen-bond donors (Lipinski definition) is 0. The molecular formula is C37H32. The van der Waals surface area contributed by atoms with Gasteiger partial charge in [-0.1, -0.05) is 153 Å². The highest BCUT2D eigenvalue weighted by Crippen LogP contribution is 2.33. The summed E-state index contributed by atoms with van der Waals surface area (Å²) in [6, 6.07) is 47.5. The lowest BCUT2D eigenvalue weighted by Crippen LogP contribution is -1.94. The smallest absolute Gasteiger partial charge is 0.0105 e. The van der Waals surface area contributed by atoms with E-state index in [9.17, 15) is 0 Å². The summed E-state index contributed by atoms with van der Waals surface area (Å²) in [6.45, 7) is 4.53. The van der Waals surface area contributed by atoms with E-state index in [0.29, 0.717) is 5.92 Å². The minimum Gasteiger partial charge on any atom is -0.0622 e. The van der Waals surface area contributed by atoms with Gasteiger partial charge in [0, 0.05) is 0 Å². The van der Waals surface area contributed by atoms with Crippen LogP contribution in [0.4, 0.5) is 0 Å². The molecule has 0 aliphatic rings. The lowest BCUT2D eigenvalue weighted by molar-refractivity contribution is 0.869. The molecule has 0 aliphatic heterocycles. The zero-order valence-corrected chi connectivity index (χ0v) is 21.5. The quantitative estimate of drug-likeness (QED) is 0.205. The zero-order valence-electron chi connectivity index (χ0n) is 21.5. The molecule has 0 aliphatic carbocycles. The maximum Gasteiger partial charge on any atom is -0.0105 e. The number of rotatable bonds is 7. The van der Waals surface area contributed by atoms with Crippen molar-refractivity contribution in [2.45, 2.75) is 19.8 Å². The molecule has 0 fully saturated rings. The molecule has 37 heavy (non-hydrogen) atoms. The van der Waals surface area contributed by atoms with Crippen molar-refractivity contribution in [3.8, 4) is 11.1 Å². The second-order valence-corrected chi connectivity index (χ2v) is 9.66. The largest absolute Gasteiger partial charge is 0.0622 e. The number of benzene rings is 5. The van der Waals surface area contributed by atoms with Crippen molar-refractivity contribution < 1.29 is 0 Å². The van der Waals surface area contributed by atoms with Crippen molar-refractivity contribution in [1.82, 2.24) is 0 Å². The van der Waals surface area contributed by atoms with Crippen molar-refractivity contribution in [3.05, 3.63) is 167 Å². The van der Waals surface area contributed by atoms with Crippen LogP contribution < -0.4 is 0 Å². The van der Waals surface area contributed by atoms with Crippen LogP contribution >= 0.6 is 0 Å². The van der Waals surface area contributed by atoms with Gasteiger partial charge < -0.3 is 0 Å². The molecule has 180 valence electrons. The molecule has 0 saturated carbocycles. The van der Waals surface area contributed by atoms with Gasteiger partial charge in [0.1, 0.15) is 0 Å². The molecule has 5 rings (SSSR count). The molecule has 5 aromatic carbocycles. The summed E-state index contributed by atoms with van der Waals surface area (Å²) in [4.78, 5) is 0. The van der Waals surface area contributed by atoms with Gasteiger partial charge in [0.2, 0.25) is 0 Å². The van der Waals surface area contributed by atoms with E-state index >= 15 is 0 Å². The molecule has 0 heteroatoms. The normalized spacial score (nSPS) is 11.8. The van der Waals surface area contributed by atoms with Gasteiger partial charge in [-0.3, -0.25) is 0 Å². The van der Waals surface area contributed by atoms with Crippen LogP contribution in [0.15, 0.2) is 133 Å². The van der Waals surface area contributed by atoms with Crippen LogP contribution in [0.5, 0.6) is 0 Å². The van der Waals surface area contributed by atoms with Crippen LogP contribution in [0.1, 0.15) is 53.1 Å². The van der Waals surface area contributed by atoms with Crippen molar-refractivity contribution in [2.75, 3.05) is 0 Å². The first-order valence-corrected chi connectivity index (χ1v) is 13.0. The predicted molar refractivity (Wildman–Crippen MR) is 161 cm³/mol. The average molecular weight is 477 g/mol. The zero-order chi connectivity index (χ0) is 25.5. The molecule has 0 N–H and O–H groups in total. The molecule has 0 amide bonds. The van der Waals surface area contributed by atoms with Crippen LogP contribution in [0.25, 0.3) is 34.9 Å². The Morgan fingerprint density at radius 2 is 1.05 bits per heavy atom. The second-order valence-electron chi connectivity index (χ2n) is 9.66. The first kappa shape index (κ1) is 24.3. The fourth-order valence-corrected chi connectivity index (χ4v) is 4.68. The summed E-state index contributed by atoms with van der Waals surface area (Å²) in [7, 11) is 0. The standard InChI is InChI=1S/C37H32/c1-28(2)35-25-20-31(19-18-29-12-6-3-7-13-29)27-37(35)34-23-21-33(22-24-34)36(32-16-10-5-11-17-32)26-30-14-8-4-9-15-30/h3-28H,1-2H3/b19-18+,36-26+. The van der Waals surface area contributed by atoms with E-state index in [1.165, 1.54) is 50.1 Å². The molecule has 0 unspecified atom stereocenters. The van der Waals surface area contributed by atoms with Gasteiger partial charge in [0.15, 0.2) is 0 Å². The Morgan fingerprint density at radius 3 is 1.68 bits per heavy atom. The Bertz CT molecular complexity index is 1490. The highest BCUT2D eigenvalue weighted by atomic mass is 14.2. The fourth-order valence-electron chi connectivity index (χ4n) is 4.68. The summed E-state index contributed by atoms with van der Waals surface area (Å²) in [5, 5.41) is 0. The van der Waals surface area contributed by atoms with Gasteiger partial charge >= 0.3 is 0 Å². The van der Waals surface area contributed by atoms with Crippen LogP contribution in [0.3, 0.4) is 0 Å². The molecule has 0 bridgehead atoms. The highest BCUT2D eigenvalue weighted by molar-refractivity contribution is 5.92. The third-order valence-electron chi connectivity index (χ3n) is 6.67. The second kappa shape index (κ2) is 11.5. The Labute approximate surface area is 221 Å². The maximum atomic E-state index is 2.32. The summed E-state index contributed by atoms with van der Waals surface area (Å²) in [5.74, 6) is 0.444. The summed E-state index contributed by atoms with van der Waals surface area (Å²) >= 11 is 0. The SMILES string of the molecule is CC(C)c1ccc(/C=C/c2ccccc2)cc1-c1ccc(/C(=C/c2ccccc2)c2ccccc2)cc1.